The lowest BCUT2D eigenvalue weighted by Gasteiger charge is -2.32. The number of nitrogens with two attached hydrogens (primary N) is 1. The van der Waals surface area contributed by atoms with E-state index in [1.54, 1.807) is 29.2 Å². The van der Waals surface area contributed by atoms with Crippen LogP contribution < -0.4 is 15.8 Å². The molecule has 3 amide bonds. The molecule has 1 aliphatic heterocycles. The van der Waals surface area contributed by atoms with Crippen LogP contribution in [0.4, 0.5) is 23.7 Å². The molecule has 8 nitrogen and oxygen atoms in total. The first-order chi connectivity index (χ1) is 18.8. The fourth-order valence-corrected chi connectivity index (χ4v) is 5.33. The Bertz CT molecular complexity index is 1510. The molecule has 4 rings (SSSR count). The van der Waals surface area contributed by atoms with Crippen LogP contribution in [0, 0.1) is 0 Å². The number of halogens is 3. The molecule has 4 N–H and O–H groups in total. The third kappa shape index (κ3) is 7.32. The minimum absolute atomic E-state index is 0.00794. The van der Waals surface area contributed by atoms with Crippen LogP contribution in [0.1, 0.15) is 41.1 Å². The summed E-state index contributed by atoms with van der Waals surface area (Å²) < 4.78 is 64.7. The summed E-state index contributed by atoms with van der Waals surface area (Å²) in [7, 11) is -3.52. The van der Waals surface area contributed by atoms with E-state index in [-0.39, 0.29) is 25.4 Å². The average molecular weight is 575 g/mol. The summed E-state index contributed by atoms with van der Waals surface area (Å²) in [6.07, 6.45) is -2.66. The number of nitrogens with zero attached hydrogens (tertiary/aromatic N) is 1. The number of hydrogen-bond acceptors (Lipinski definition) is 4. The van der Waals surface area contributed by atoms with Crippen molar-refractivity contribution >= 4 is 27.6 Å². The molecule has 0 saturated heterocycles. The zero-order chi connectivity index (χ0) is 29.1. The number of primary amides is 1. The molecule has 0 saturated carbocycles. The second-order valence-electron chi connectivity index (χ2n) is 9.70. The van der Waals surface area contributed by atoms with E-state index >= 15 is 0 Å². The summed E-state index contributed by atoms with van der Waals surface area (Å²) in [4.78, 5) is 26.4. The Morgan fingerprint density at radius 1 is 1.05 bits per heavy atom. The molecule has 1 heterocycles. The molecule has 0 aliphatic carbocycles. The van der Waals surface area contributed by atoms with E-state index in [2.05, 4.69) is 10.0 Å². The van der Waals surface area contributed by atoms with Gasteiger partial charge in [0.1, 0.15) is 0 Å². The highest BCUT2D eigenvalue weighted by atomic mass is 32.2. The number of nitrogens with one attached hydrogen (secondary N) is 2. The van der Waals surface area contributed by atoms with Crippen molar-refractivity contribution < 1.29 is 31.2 Å². The number of carbonyl (C=O) groups excluding carboxylic acids is 2. The van der Waals surface area contributed by atoms with Crippen LogP contribution >= 0.6 is 0 Å². The van der Waals surface area contributed by atoms with Gasteiger partial charge < -0.3 is 16.0 Å². The van der Waals surface area contributed by atoms with Crippen molar-refractivity contribution in [3.05, 3.63) is 89.0 Å². The summed E-state index contributed by atoms with van der Waals surface area (Å²) in [5, 5.41) is 2.94. The Balaban J connectivity index is 1.52. The van der Waals surface area contributed by atoms with E-state index in [0.29, 0.717) is 29.8 Å². The molecular weight excluding hydrogens is 545 g/mol. The van der Waals surface area contributed by atoms with Gasteiger partial charge in [-0.15, -0.1) is 0 Å². The first-order valence-electron chi connectivity index (χ1n) is 12.5. The smallest absolute Gasteiger partial charge is 0.370 e. The van der Waals surface area contributed by atoms with Crippen molar-refractivity contribution in [1.29, 1.82) is 0 Å². The number of sulfonamides is 1. The Hall–Kier alpha value is -4.06. The molecule has 40 heavy (non-hydrogen) atoms. The lowest BCUT2D eigenvalue weighted by Crippen LogP contribution is -2.44. The number of benzene rings is 3. The van der Waals surface area contributed by atoms with Gasteiger partial charge in [-0.2, -0.15) is 13.2 Å². The topological polar surface area (TPSA) is 122 Å². The predicted octanol–water partition coefficient (Wildman–Crippen LogP) is 4.82. The number of urea groups is 1. The average Bonchev–Trinajstić information content (AvgIpc) is 2.89. The van der Waals surface area contributed by atoms with E-state index in [4.69, 9.17) is 5.73 Å². The van der Waals surface area contributed by atoms with Crippen molar-refractivity contribution in [3.63, 3.8) is 0 Å². The van der Waals surface area contributed by atoms with Crippen LogP contribution in [-0.2, 0) is 34.0 Å². The largest absolute Gasteiger partial charge is 0.416 e. The fraction of sp³-hybridized carbons (Fsp3) is 0.286. The standard InChI is InChI=1S/C28H29F3N4O4S/c1-40(38,39)34-22-6-2-4-19(16-22)25(12-13-26(32)36)33-27(37)35-15-14-24-20(17-35)5-3-7-23(24)18-8-10-21(11-9-18)28(29,30)31/h2-11,16,25,34H,12-15,17H2,1H3,(H2,32,36)(H,33,37)/t25-/m0/s1. The molecule has 0 radical (unpaired) electrons. The number of anilines is 1. The van der Waals surface area contributed by atoms with Gasteiger partial charge >= 0.3 is 12.2 Å². The number of amides is 3. The molecule has 3 aromatic rings. The zero-order valence-electron chi connectivity index (χ0n) is 21.7. The quantitative estimate of drug-likeness (QED) is 0.357. The third-order valence-electron chi connectivity index (χ3n) is 6.65. The summed E-state index contributed by atoms with van der Waals surface area (Å²) in [5.41, 5.74) is 8.88. The molecule has 1 aliphatic rings. The van der Waals surface area contributed by atoms with Gasteiger partial charge in [-0.05, 0) is 64.9 Å². The van der Waals surface area contributed by atoms with Crippen molar-refractivity contribution in [2.45, 2.75) is 38.0 Å². The number of rotatable bonds is 8. The number of alkyl halides is 3. The highest BCUT2D eigenvalue weighted by Gasteiger charge is 2.30. The number of fused-ring (bicyclic) bond motifs is 1. The lowest BCUT2D eigenvalue weighted by atomic mass is 9.90. The zero-order valence-corrected chi connectivity index (χ0v) is 22.5. The third-order valence-corrected chi connectivity index (χ3v) is 7.25. The normalized spacial score (nSPS) is 14.2. The van der Waals surface area contributed by atoms with Gasteiger partial charge in [0.25, 0.3) is 0 Å². The summed E-state index contributed by atoms with van der Waals surface area (Å²) in [5.74, 6) is -0.535. The Morgan fingerprint density at radius 2 is 1.75 bits per heavy atom. The van der Waals surface area contributed by atoms with Gasteiger partial charge in [-0.1, -0.05) is 42.5 Å². The van der Waals surface area contributed by atoms with Crippen molar-refractivity contribution in [2.24, 2.45) is 5.73 Å². The van der Waals surface area contributed by atoms with Crippen LogP contribution in [0.2, 0.25) is 0 Å². The van der Waals surface area contributed by atoms with Crippen LogP contribution in [0.5, 0.6) is 0 Å². The van der Waals surface area contributed by atoms with Gasteiger partial charge in [0.2, 0.25) is 15.9 Å². The summed E-state index contributed by atoms with van der Waals surface area (Å²) in [6, 6.07) is 16.1. The molecule has 0 bridgehead atoms. The lowest BCUT2D eigenvalue weighted by molar-refractivity contribution is -0.137. The van der Waals surface area contributed by atoms with Gasteiger partial charge in [0, 0.05) is 25.2 Å². The maximum Gasteiger partial charge on any atom is 0.416 e. The maximum absolute atomic E-state index is 13.3. The number of hydrogen-bond donors (Lipinski definition) is 3. The molecular formula is C28H29F3N4O4S. The number of carbonyl (C=O) groups is 2. The summed E-state index contributed by atoms with van der Waals surface area (Å²) in [6.45, 7) is 0.655. The van der Waals surface area contributed by atoms with Gasteiger partial charge in [-0.25, -0.2) is 13.2 Å². The maximum atomic E-state index is 13.3. The second kappa shape index (κ2) is 11.6. The van der Waals surface area contributed by atoms with E-state index in [1.165, 1.54) is 12.1 Å². The molecule has 0 fully saturated rings. The molecule has 212 valence electrons. The van der Waals surface area contributed by atoms with E-state index in [9.17, 15) is 31.2 Å². The molecule has 0 spiro atoms. The van der Waals surface area contributed by atoms with Gasteiger partial charge in [0.15, 0.2) is 0 Å². The molecule has 1 atom stereocenters. The van der Waals surface area contributed by atoms with Gasteiger partial charge in [-0.3, -0.25) is 9.52 Å². The SMILES string of the molecule is CS(=O)(=O)Nc1cccc([C@H](CCC(N)=O)NC(=O)N2CCc3c(cccc3-c3ccc(C(F)(F)F)cc3)C2)c1. The Labute approximate surface area is 230 Å². The van der Waals surface area contributed by atoms with Crippen molar-refractivity contribution in [2.75, 3.05) is 17.5 Å². The van der Waals surface area contributed by atoms with E-state index in [0.717, 1.165) is 35.1 Å². The van der Waals surface area contributed by atoms with E-state index < -0.39 is 33.7 Å². The molecule has 0 unspecified atom stereocenters. The second-order valence-corrected chi connectivity index (χ2v) is 11.4. The Morgan fingerprint density at radius 3 is 2.40 bits per heavy atom. The molecule has 12 heteroatoms. The van der Waals surface area contributed by atoms with Crippen LogP contribution in [0.25, 0.3) is 11.1 Å². The molecule has 0 aromatic heterocycles. The van der Waals surface area contributed by atoms with Crippen molar-refractivity contribution in [3.8, 4) is 11.1 Å². The Kier molecular flexibility index (Phi) is 8.38. The van der Waals surface area contributed by atoms with Crippen LogP contribution in [0.15, 0.2) is 66.7 Å². The summed E-state index contributed by atoms with van der Waals surface area (Å²) >= 11 is 0. The first kappa shape index (κ1) is 28.9. The van der Waals surface area contributed by atoms with Gasteiger partial charge in [0.05, 0.1) is 17.9 Å². The van der Waals surface area contributed by atoms with Crippen molar-refractivity contribution in [1.82, 2.24) is 10.2 Å². The monoisotopic (exact) mass is 574 g/mol. The molecule has 3 aromatic carbocycles. The highest BCUT2D eigenvalue weighted by Crippen LogP contribution is 2.34. The van der Waals surface area contributed by atoms with E-state index in [1.807, 2.05) is 18.2 Å². The van der Waals surface area contributed by atoms with Crippen LogP contribution in [-0.4, -0.2) is 38.1 Å². The first-order valence-corrected chi connectivity index (χ1v) is 14.4. The predicted molar refractivity (Wildman–Crippen MR) is 146 cm³/mol. The highest BCUT2D eigenvalue weighted by molar-refractivity contribution is 7.92. The minimum atomic E-state index is -4.41. The van der Waals surface area contributed by atoms with Crippen LogP contribution in [0.3, 0.4) is 0 Å². The fourth-order valence-electron chi connectivity index (χ4n) is 4.77. The minimum Gasteiger partial charge on any atom is -0.370 e.